The fraction of sp³-hybridized carbons (Fsp3) is 0.849. The molecule has 0 amide bonds. The standard InChI is InChI=1S/C53H94O15/c1-3-5-7-9-11-13-15-17-19-20-22-24-26-28-30-32-34-36-45(56)66-41(38-63-44(55)35-33-31-29-27-25-23-21-18-16-14-12-10-8-6-4-2)39-64-52-51(62)49(60)47(58)43(68-52)40-65-53-50(61)48(59)46(57)42(37-54)67-53/h13,15,29,31,33,35,41-43,46-54,57-62H,3-12,14,16-28,30,32,34,36-40H2,1-2H3/b15-13+,31-29+,35-33+/t41-,42+,43+,46-,47-,48?,49?,50?,51?,52+,53+/m1/s1. The molecule has 0 aliphatic carbocycles. The Morgan fingerprint density at radius 1 is 0.500 bits per heavy atom. The predicted octanol–water partition coefficient (Wildman–Crippen LogP) is 7.71. The minimum absolute atomic E-state index is 0.144. The third-order valence-corrected chi connectivity index (χ3v) is 12.7. The van der Waals surface area contributed by atoms with Crippen LogP contribution >= 0.6 is 0 Å². The third-order valence-electron chi connectivity index (χ3n) is 12.7. The van der Waals surface area contributed by atoms with Gasteiger partial charge in [-0.05, 0) is 44.9 Å². The molecule has 2 aliphatic heterocycles. The molecule has 0 radical (unpaired) electrons. The van der Waals surface area contributed by atoms with Gasteiger partial charge < -0.3 is 64.2 Å². The second-order valence-electron chi connectivity index (χ2n) is 18.8. The summed E-state index contributed by atoms with van der Waals surface area (Å²) in [6.45, 7) is 2.47. The molecule has 0 spiro atoms. The molecular weight excluding hydrogens is 877 g/mol. The van der Waals surface area contributed by atoms with E-state index in [0.29, 0.717) is 6.42 Å². The van der Waals surface area contributed by atoms with Crippen molar-refractivity contribution in [1.82, 2.24) is 0 Å². The molecule has 68 heavy (non-hydrogen) atoms. The fourth-order valence-electron chi connectivity index (χ4n) is 8.30. The number of carbonyl (C=O) groups is 2. The lowest BCUT2D eigenvalue weighted by molar-refractivity contribution is -0.332. The Morgan fingerprint density at radius 2 is 0.941 bits per heavy atom. The van der Waals surface area contributed by atoms with Gasteiger partial charge in [0.2, 0.25) is 0 Å². The second kappa shape index (κ2) is 40.3. The first-order valence-electron chi connectivity index (χ1n) is 26.6. The van der Waals surface area contributed by atoms with E-state index in [-0.39, 0.29) is 13.0 Å². The van der Waals surface area contributed by atoms with E-state index in [4.69, 9.17) is 28.4 Å². The zero-order valence-corrected chi connectivity index (χ0v) is 41.8. The van der Waals surface area contributed by atoms with Crippen molar-refractivity contribution in [1.29, 1.82) is 0 Å². The average Bonchev–Trinajstić information content (AvgIpc) is 3.33. The van der Waals surface area contributed by atoms with Crippen LogP contribution in [0.1, 0.15) is 194 Å². The Hall–Kier alpha value is -2.28. The number of unbranched alkanes of at least 4 members (excludes halogenated alkanes) is 24. The number of aliphatic hydroxyl groups is 7. The maximum atomic E-state index is 13.0. The molecule has 11 atom stereocenters. The first-order chi connectivity index (χ1) is 33.0. The molecule has 15 nitrogen and oxygen atoms in total. The predicted molar refractivity (Wildman–Crippen MR) is 261 cm³/mol. The van der Waals surface area contributed by atoms with Crippen molar-refractivity contribution in [3.05, 3.63) is 36.5 Å². The van der Waals surface area contributed by atoms with E-state index < -0.39 is 99.3 Å². The van der Waals surface area contributed by atoms with E-state index in [1.807, 2.05) is 6.08 Å². The van der Waals surface area contributed by atoms with Crippen LogP contribution in [-0.4, -0.2) is 142 Å². The molecule has 0 saturated carbocycles. The number of rotatable bonds is 41. The molecule has 15 heteroatoms. The van der Waals surface area contributed by atoms with Crippen molar-refractivity contribution in [3.63, 3.8) is 0 Å². The normalized spacial score (nSPS) is 26.0. The van der Waals surface area contributed by atoms with E-state index in [2.05, 4.69) is 26.0 Å². The minimum Gasteiger partial charge on any atom is -0.458 e. The molecular formula is C53H94O15. The summed E-state index contributed by atoms with van der Waals surface area (Å²) in [5.41, 5.74) is 0. The number of allylic oxidation sites excluding steroid dienone is 5. The fourth-order valence-corrected chi connectivity index (χ4v) is 8.30. The Morgan fingerprint density at radius 3 is 1.47 bits per heavy atom. The van der Waals surface area contributed by atoms with Crippen LogP contribution in [0.5, 0.6) is 0 Å². The highest BCUT2D eigenvalue weighted by Gasteiger charge is 2.47. The highest BCUT2D eigenvalue weighted by Crippen LogP contribution is 2.26. The van der Waals surface area contributed by atoms with Gasteiger partial charge in [-0.25, -0.2) is 4.79 Å². The molecule has 7 N–H and O–H groups in total. The topological polar surface area (TPSA) is 231 Å². The molecule has 0 aromatic carbocycles. The van der Waals surface area contributed by atoms with Gasteiger partial charge in [-0.3, -0.25) is 4.79 Å². The number of aliphatic hydroxyl groups excluding tert-OH is 7. The van der Waals surface area contributed by atoms with Crippen molar-refractivity contribution in [2.45, 2.75) is 261 Å². The van der Waals surface area contributed by atoms with Crippen molar-refractivity contribution < 1.29 is 73.8 Å². The van der Waals surface area contributed by atoms with Gasteiger partial charge in [0.15, 0.2) is 18.7 Å². The second-order valence-corrected chi connectivity index (χ2v) is 18.8. The van der Waals surface area contributed by atoms with Crippen LogP contribution in [-0.2, 0) is 38.0 Å². The molecule has 396 valence electrons. The number of hydrogen-bond donors (Lipinski definition) is 7. The summed E-state index contributed by atoms with van der Waals surface area (Å²) in [6, 6.07) is 0. The number of ether oxygens (including phenoxy) is 6. The highest BCUT2D eigenvalue weighted by atomic mass is 16.7. The van der Waals surface area contributed by atoms with Crippen LogP contribution in [0.3, 0.4) is 0 Å². The molecule has 2 rings (SSSR count). The smallest absolute Gasteiger partial charge is 0.330 e. The summed E-state index contributed by atoms with van der Waals surface area (Å²) < 4.78 is 33.4. The van der Waals surface area contributed by atoms with E-state index in [1.165, 1.54) is 128 Å². The molecule has 0 aromatic heterocycles. The van der Waals surface area contributed by atoms with Gasteiger partial charge >= 0.3 is 11.9 Å². The number of esters is 2. The Balaban J connectivity index is 1.83. The molecule has 0 aromatic rings. The largest absolute Gasteiger partial charge is 0.458 e. The zero-order valence-electron chi connectivity index (χ0n) is 41.8. The van der Waals surface area contributed by atoms with E-state index in [0.717, 1.165) is 44.9 Å². The number of hydrogen-bond acceptors (Lipinski definition) is 15. The van der Waals surface area contributed by atoms with Crippen molar-refractivity contribution in [2.75, 3.05) is 26.4 Å². The summed E-state index contributed by atoms with van der Waals surface area (Å²) in [7, 11) is 0. The van der Waals surface area contributed by atoms with Crippen LogP contribution in [0.15, 0.2) is 36.5 Å². The Kier molecular flexibility index (Phi) is 36.7. The van der Waals surface area contributed by atoms with Gasteiger partial charge in [-0.1, -0.05) is 173 Å². The molecule has 2 heterocycles. The van der Waals surface area contributed by atoms with E-state index >= 15 is 0 Å². The van der Waals surface area contributed by atoms with Crippen LogP contribution in [0.4, 0.5) is 0 Å². The molecule has 2 aliphatic rings. The Bertz CT molecular complexity index is 1330. The lowest BCUT2D eigenvalue weighted by Gasteiger charge is -2.42. The molecule has 0 bridgehead atoms. The average molecular weight is 971 g/mol. The Labute approximate surface area is 408 Å². The quantitative estimate of drug-likeness (QED) is 0.0102. The van der Waals surface area contributed by atoms with Crippen molar-refractivity contribution >= 4 is 11.9 Å². The van der Waals surface area contributed by atoms with Gasteiger partial charge in [-0.2, -0.15) is 0 Å². The number of carbonyl (C=O) groups excluding carboxylic acids is 2. The highest BCUT2D eigenvalue weighted by molar-refractivity contribution is 5.82. The summed E-state index contributed by atoms with van der Waals surface area (Å²) in [5.74, 6) is -1.18. The summed E-state index contributed by atoms with van der Waals surface area (Å²) in [6.07, 6.45) is 26.6. The van der Waals surface area contributed by atoms with Gasteiger partial charge in [0, 0.05) is 12.5 Å². The van der Waals surface area contributed by atoms with Gasteiger partial charge in [0.05, 0.1) is 19.8 Å². The summed E-state index contributed by atoms with van der Waals surface area (Å²) >= 11 is 0. The lowest BCUT2D eigenvalue weighted by atomic mass is 9.98. The van der Waals surface area contributed by atoms with Crippen LogP contribution in [0.25, 0.3) is 0 Å². The molecule has 2 fully saturated rings. The minimum atomic E-state index is -1.78. The van der Waals surface area contributed by atoms with Gasteiger partial charge in [0.1, 0.15) is 55.4 Å². The van der Waals surface area contributed by atoms with Crippen LogP contribution < -0.4 is 0 Å². The maximum absolute atomic E-state index is 13.0. The molecule has 4 unspecified atom stereocenters. The first kappa shape index (κ1) is 61.8. The summed E-state index contributed by atoms with van der Waals surface area (Å²) in [4.78, 5) is 25.7. The lowest BCUT2D eigenvalue weighted by Crippen LogP contribution is -2.61. The first-order valence-corrected chi connectivity index (χ1v) is 26.6. The monoisotopic (exact) mass is 971 g/mol. The maximum Gasteiger partial charge on any atom is 0.330 e. The van der Waals surface area contributed by atoms with Gasteiger partial charge in [0.25, 0.3) is 0 Å². The third kappa shape index (κ3) is 27.9. The van der Waals surface area contributed by atoms with E-state index in [1.54, 1.807) is 12.2 Å². The van der Waals surface area contributed by atoms with Crippen molar-refractivity contribution in [3.8, 4) is 0 Å². The van der Waals surface area contributed by atoms with Gasteiger partial charge in [-0.15, -0.1) is 0 Å². The summed E-state index contributed by atoms with van der Waals surface area (Å²) in [5, 5.41) is 72.1. The van der Waals surface area contributed by atoms with Crippen LogP contribution in [0, 0.1) is 0 Å². The van der Waals surface area contributed by atoms with Crippen molar-refractivity contribution in [2.24, 2.45) is 0 Å². The molecule has 2 saturated heterocycles. The zero-order chi connectivity index (χ0) is 49.6. The van der Waals surface area contributed by atoms with E-state index in [9.17, 15) is 45.3 Å². The SMILES string of the molecule is CCCCCC/C=C/CCCCCCCCCCCC(=O)O[C@H](COC(=O)/C=C/C=C/CCCCCCCCCCCCC)CO[C@H]1O[C@@H](CO[C@H]2O[C@@H](CO)[C@@H](O)C(O)C2O)[C@@H](O)C(O)C1O. The van der Waals surface area contributed by atoms with Crippen LogP contribution in [0.2, 0.25) is 0 Å².